The zero-order valence-electron chi connectivity index (χ0n) is 17.2. The topological polar surface area (TPSA) is 65.1 Å². The van der Waals surface area contributed by atoms with E-state index in [-0.39, 0.29) is 12.5 Å². The Morgan fingerprint density at radius 3 is 2.43 bits per heavy atom. The zero-order valence-corrected chi connectivity index (χ0v) is 17.2. The average molecular weight is 409 g/mol. The van der Waals surface area contributed by atoms with Gasteiger partial charge in [-0.05, 0) is 49.8 Å². The van der Waals surface area contributed by atoms with Crippen LogP contribution in [0, 0.1) is 5.92 Å². The van der Waals surface area contributed by atoms with Gasteiger partial charge in [0.15, 0.2) is 17.6 Å². The van der Waals surface area contributed by atoms with Crippen molar-refractivity contribution < 1.29 is 23.8 Å². The Bertz CT molecular complexity index is 876. The number of rotatable bonds is 5. The Kier molecular flexibility index (Phi) is 6.21. The molecular formula is C24H27NO5. The molecule has 1 fully saturated rings. The van der Waals surface area contributed by atoms with Gasteiger partial charge < -0.3 is 19.1 Å². The SMILES string of the molecule is C[C@H](OC(=O)[C@@H]1COc2ccccc2O1)C(=O)N1CCC(Cc2ccccc2)CC1. The lowest BCUT2D eigenvalue weighted by Gasteiger charge is -2.34. The number of carbonyl (C=O) groups excluding carboxylic acids is 2. The number of ether oxygens (including phenoxy) is 3. The smallest absolute Gasteiger partial charge is 0.351 e. The number of esters is 1. The van der Waals surface area contributed by atoms with Crippen molar-refractivity contribution in [3.05, 3.63) is 60.2 Å². The van der Waals surface area contributed by atoms with E-state index >= 15 is 0 Å². The number of amides is 1. The summed E-state index contributed by atoms with van der Waals surface area (Å²) in [6, 6.07) is 17.6. The molecule has 0 aliphatic carbocycles. The number of benzene rings is 2. The van der Waals surface area contributed by atoms with E-state index in [2.05, 4.69) is 24.3 Å². The lowest BCUT2D eigenvalue weighted by atomic mass is 9.90. The lowest BCUT2D eigenvalue weighted by molar-refractivity contribution is -0.167. The highest BCUT2D eigenvalue weighted by Gasteiger charge is 2.33. The molecule has 2 aliphatic heterocycles. The molecule has 30 heavy (non-hydrogen) atoms. The van der Waals surface area contributed by atoms with Crippen molar-refractivity contribution >= 4 is 11.9 Å². The van der Waals surface area contributed by atoms with Crippen molar-refractivity contribution in [3.8, 4) is 11.5 Å². The molecule has 1 amide bonds. The molecule has 0 aromatic heterocycles. The molecule has 158 valence electrons. The first-order chi connectivity index (χ1) is 14.6. The van der Waals surface area contributed by atoms with Gasteiger partial charge in [-0.15, -0.1) is 0 Å². The van der Waals surface area contributed by atoms with Crippen LogP contribution in [0.4, 0.5) is 0 Å². The molecule has 2 atom stereocenters. The van der Waals surface area contributed by atoms with E-state index < -0.39 is 18.2 Å². The molecule has 0 N–H and O–H groups in total. The molecule has 0 bridgehead atoms. The fourth-order valence-electron chi connectivity index (χ4n) is 4.00. The van der Waals surface area contributed by atoms with Crippen molar-refractivity contribution in [1.29, 1.82) is 0 Å². The summed E-state index contributed by atoms with van der Waals surface area (Å²) >= 11 is 0. The number of nitrogens with zero attached hydrogens (tertiary/aromatic N) is 1. The van der Waals surface area contributed by atoms with Gasteiger partial charge in [-0.25, -0.2) is 4.79 Å². The Labute approximate surface area is 176 Å². The maximum atomic E-state index is 12.8. The van der Waals surface area contributed by atoms with Crippen LogP contribution in [-0.2, 0) is 20.7 Å². The first-order valence-electron chi connectivity index (χ1n) is 10.5. The summed E-state index contributed by atoms with van der Waals surface area (Å²) in [4.78, 5) is 27.0. The predicted molar refractivity (Wildman–Crippen MR) is 111 cm³/mol. The Morgan fingerprint density at radius 2 is 1.70 bits per heavy atom. The van der Waals surface area contributed by atoms with Gasteiger partial charge in [0.2, 0.25) is 6.10 Å². The third kappa shape index (κ3) is 4.75. The Hall–Kier alpha value is -3.02. The van der Waals surface area contributed by atoms with Crippen molar-refractivity contribution in [2.24, 2.45) is 5.92 Å². The monoisotopic (exact) mass is 409 g/mol. The standard InChI is InChI=1S/C24H27NO5/c1-17(29-24(27)22-16-28-20-9-5-6-10-21(20)30-22)23(26)25-13-11-19(12-14-25)15-18-7-3-2-4-8-18/h2-10,17,19,22H,11-16H2,1H3/t17-,22-/m0/s1. The van der Waals surface area contributed by atoms with E-state index in [4.69, 9.17) is 14.2 Å². The number of fused-ring (bicyclic) bond motifs is 1. The van der Waals surface area contributed by atoms with Crippen LogP contribution in [0.1, 0.15) is 25.3 Å². The van der Waals surface area contributed by atoms with Gasteiger partial charge in [0.05, 0.1) is 0 Å². The minimum atomic E-state index is -0.869. The maximum Gasteiger partial charge on any atom is 0.351 e. The van der Waals surface area contributed by atoms with E-state index in [9.17, 15) is 9.59 Å². The van der Waals surface area contributed by atoms with E-state index in [1.54, 1.807) is 24.0 Å². The molecule has 6 nitrogen and oxygen atoms in total. The van der Waals surface area contributed by atoms with Crippen molar-refractivity contribution in [1.82, 2.24) is 4.90 Å². The molecule has 2 heterocycles. The van der Waals surface area contributed by atoms with Gasteiger partial charge in [0.1, 0.15) is 6.61 Å². The third-order valence-corrected chi connectivity index (χ3v) is 5.71. The number of carbonyl (C=O) groups is 2. The summed E-state index contributed by atoms with van der Waals surface area (Å²) < 4.78 is 16.6. The minimum Gasteiger partial charge on any atom is -0.485 e. The van der Waals surface area contributed by atoms with Crippen LogP contribution in [0.5, 0.6) is 11.5 Å². The molecule has 0 saturated carbocycles. The highest BCUT2D eigenvalue weighted by molar-refractivity contribution is 5.85. The summed E-state index contributed by atoms with van der Waals surface area (Å²) in [5, 5.41) is 0. The van der Waals surface area contributed by atoms with E-state index in [0.717, 1.165) is 19.3 Å². The van der Waals surface area contributed by atoms with Crippen molar-refractivity contribution in [2.45, 2.75) is 38.4 Å². The van der Waals surface area contributed by atoms with Crippen LogP contribution in [0.3, 0.4) is 0 Å². The molecule has 4 rings (SSSR count). The predicted octanol–water partition coefficient (Wildman–Crippen LogP) is 3.24. The maximum absolute atomic E-state index is 12.8. The third-order valence-electron chi connectivity index (χ3n) is 5.71. The summed E-state index contributed by atoms with van der Waals surface area (Å²) in [6.45, 7) is 3.07. The Morgan fingerprint density at radius 1 is 1.03 bits per heavy atom. The molecule has 0 spiro atoms. The van der Waals surface area contributed by atoms with Crippen LogP contribution in [-0.4, -0.2) is 48.7 Å². The second-order valence-corrected chi connectivity index (χ2v) is 7.90. The van der Waals surface area contributed by atoms with Crippen LogP contribution < -0.4 is 9.47 Å². The Balaban J connectivity index is 1.25. The average Bonchev–Trinajstić information content (AvgIpc) is 2.79. The van der Waals surface area contributed by atoms with Gasteiger partial charge in [-0.2, -0.15) is 0 Å². The van der Waals surface area contributed by atoms with Gasteiger partial charge in [0.25, 0.3) is 5.91 Å². The molecule has 6 heteroatoms. The van der Waals surface area contributed by atoms with Crippen LogP contribution >= 0.6 is 0 Å². The number of piperidine rings is 1. The van der Waals surface area contributed by atoms with E-state index in [1.165, 1.54) is 5.56 Å². The molecule has 2 aromatic carbocycles. The number of likely N-dealkylation sites (tertiary alicyclic amines) is 1. The summed E-state index contributed by atoms with van der Waals surface area (Å²) in [7, 11) is 0. The van der Waals surface area contributed by atoms with Crippen LogP contribution in [0.25, 0.3) is 0 Å². The largest absolute Gasteiger partial charge is 0.485 e. The zero-order chi connectivity index (χ0) is 20.9. The summed E-state index contributed by atoms with van der Waals surface area (Å²) in [5.41, 5.74) is 1.33. The molecule has 1 saturated heterocycles. The first kappa shape index (κ1) is 20.3. The molecule has 0 unspecified atom stereocenters. The van der Waals surface area contributed by atoms with Gasteiger partial charge in [0, 0.05) is 13.1 Å². The highest BCUT2D eigenvalue weighted by atomic mass is 16.6. The molecular weight excluding hydrogens is 382 g/mol. The quantitative estimate of drug-likeness (QED) is 0.710. The number of hydrogen-bond donors (Lipinski definition) is 0. The van der Waals surface area contributed by atoms with Crippen molar-refractivity contribution in [2.75, 3.05) is 19.7 Å². The fourth-order valence-corrected chi connectivity index (χ4v) is 4.00. The number of para-hydroxylation sites is 2. The highest BCUT2D eigenvalue weighted by Crippen LogP contribution is 2.31. The first-order valence-corrected chi connectivity index (χ1v) is 10.5. The van der Waals surface area contributed by atoms with Crippen LogP contribution in [0.2, 0.25) is 0 Å². The van der Waals surface area contributed by atoms with Crippen molar-refractivity contribution in [3.63, 3.8) is 0 Å². The second kappa shape index (κ2) is 9.20. The normalized spacial score (nSPS) is 19.8. The summed E-state index contributed by atoms with van der Waals surface area (Å²) in [6.07, 6.45) is 1.24. The molecule has 2 aliphatic rings. The fraction of sp³-hybridized carbons (Fsp3) is 0.417. The van der Waals surface area contributed by atoms with E-state index in [1.807, 2.05) is 18.2 Å². The van der Waals surface area contributed by atoms with Crippen LogP contribution in [0.15, 0.2) is 54.6 Å². The molecule has 0 radical (unpaired) electrons. The van der Waals surface area contributed by atoms with Gasteiger partial charge in [-0.1, -0.05) is 42.5 Å². The second-order valence-electron chi connectivity index (χ2n) is 7.90. The lowest BCUT2D eigenvalue weighted by Crippen LogP contribution is -2.46. The van der Waals surface area contributed by atoms with E-state index in [0.29, 0.717) is 30.5 Å². The van der Waals surface area contributed by atoms with Gasteiger partial charge >= 0.3 is 5.97 Å². The van der Waals surface area contributed by atoms with Gasteiger partial charge in [-0.3, -0.25) is 4.79 Å². The number of hydrogen-bond acceptors (Lipinski definition) is 5. The summed E-state index contributed by atoms with van der Waals surface area (Å²) in [5.74, 6) is 0.944. The minimum absolute atomic E-state index is 0.0711. The molecule has 2 aromatic rings.